The monoisotopic (exact) mass is 152 g/mol. The Kier molecular flexibility index (Phi) is 2.72. The van der Waals surface area contributed by atoms with Crippen LogP contribution >= 0.6 is 0 Å². The van der Waals surface area contributed by atoms with Gasteiger partial charge in [-0.3, -0.25) is 0 Å². The van der Waals surface area contributed by atoms with Gasteiger partial charge in [-0.1, -0.05) is 0 Å². The smallest absolute Gasteiger partial charge is 0.168 e. The molecule has 0 aliphatic carbocycles. The van der Waals surface area contributed by atoms with Crippen LogP contribution in [0.5, 0.6) is 5.75 Å². The van der Waals surface area contributed by atoms with Crippen molar-refractivity contribution in [3.63, 3.8) is 0 Å². The maximum absolute atomic E-state index is 5.30. The molecule has 1 aromatic rings. The van der Waals surface area contributed by atoms with E-state index in [9.17, 15) is 0 Å². The zero-order chi connectivity index (χ0) is 8.10. The summed E-state index contributed by atoms with van der Waals surface area (Å²) in [6.45, 7) is 2.62. The number of aromatic nitrogens is 1. The van der Waals surface area contributed by atoms with Crippen LogP contribution in [0.4, 0.5) is 5.82 Å². The number of ether oxygens (including phenoxy) is 1. The molecule has 0 unspecified atom stereocenters. The quantitative estimate of drug-likeness (QED) is 0.713. The summed E-state index contributed by atoms with van der Waals surface area (Å²) < 4.78 is 5.30. The van der Waals surface area contributed by atoms with Gasteiger partial charge < -0.3 is 10.1 Å². The minimum absolute atomic E-state index is 0.667. The largest absolute Gasteiger partial charge is 0.490 e. The van der Waals surface area contributed by atoms with Crippen LogP contribution in [0.2, 0.25) is 0 Å². The van der Waals surface area contributed by atoms with E-state index in [0.29, 0.717) is 6.61 Å². The molecule has 1 aromatic heterocycles. The van der Waals surface area contributed by atoms with Gasteiger partial charge in [-0.2, -0.15) is 0 Å². The first-order valence-corrected chi connectivity index (χ1v) is 3.64. The van der Waals surface area contributed by atoms with Crippen LogP contribution in [-0.4, -0.2) is 18.6 Å². The summed E-state index contributed by atoms with van der Waals surface area (Å²) in [6, 6.07) is 3.74. The lowest BCUT2D eigenvalue weighted by molar-refractivity contribution is 0.340. The number of anilines is 1. The minimum atomic E-state index is 0.667. The molecule has 0 bridgehead atoms. The van der Waals surface area contributed by atoms with E-state index in [1.165, 1.54) is 0 Å². The summed E-state index contributed by atoms with van der Waals surface area (Å²) in [5.74, 6) is 1.59. The molecule has 3 nitrogen and oxygen atoms in total. The van der Waals surface area contributed by atoms with Crippen molar-refractivity contribution in [1.29, 1.82) is 0 Å². The van der Waals surface area contributed by atoms with E-state index in [4.69, 9.17) is 4.74 Å². The van der Waals surface area contributed by atoms with E-state index in [-0.39, 0.29) is 0 Å². The van der Waals surface area contributed by atoms with Crippen LogP contribution in [0.3, 0.4) is 0 Å². The van der Waals surface area contributed by atoms with E-state index in [2.05, 4.69) is 10.3 Å². The fourth-order valence-corrected chi connectivity index (χ4v) is 0.850. The second-order valence-electron chi connectivity index (χ2n) is 2.03. The third-order valence-electron chi connectivity index (χ3n) is 1.31. The van der Waals surface area contributed by atoms with Crippen LogP contribution in [-0.2, 0) is 0 Å². The lowest BCUT2D eigenvalue weighted by Gasteiger charge is -2.06. The molecule has 11 heavy (non-hydrogen) atoms. The Hall–Kier alpha value is -1.25. The van der Waals surface area contributed by atoms with Crippen molar-refractivity contribution in [2.24, 2.45) is 0 Å². The molecular weight excluding hydrogens is 140 g/mol. The summed E-state index contributed by atoms with van der Waals surface area (Å²) >= 11 is 0. The predicted molar refractivity (Wildman–Crippen MR) is 45.0 cm³/mol. The fraction of sp³-hybridized carbons (Fsp3) is 0.375. The minimum Gasteiger partial charge on any atom is -0.490 e. The molecule has 0 amide bonds. The molecule has 1 rings (SSSR count). The fourth-order valence-electron chi connectivity index (χ4n) is 0.850. The number of rotatable bonds is 3. The van der Waals surface area contributed by atoms with Crippen LogP contribution < -0.4 is 10.1 Å². The lowest BCUT2D eigenvalue weighted by Crippen LogP contribution is -1.98. The average Bonchev–Trinajstić information content (AvgIpc) is 2.06. The topological polar surface area (TPSA) is 34.1 Å². The molecule has 3 heteroatoms. The summed E-state index contributed by atoms with van der Waals surface area (Å²) in [6.07, 6.45) is 1.73. The second kappa shape index (κ2) is 3.81. The number of pyridine rings is 1. The Morgan fingerprint density at radius 3 is 3.09 bits per heavy atom. The van der Waals surface area contributed by atoms with Crippen LogP contribution in [0, 0.1) is 0 Å². The summed E-state index contributed by atoms with van der Waals surface area (Å²) in [4.78, 5) is 4.08. The van der Waals surface area contributed by atoms with Crippen molar-refractivity contribution in [3.05, 3.63) is 18.3 Å². The van der Waals surface area contributed by atoms with Gasteiger partial charge in [0.2, 0.25) is 0 Å². The maximum atomic E-state index is 5.30. The van der Waals surface area contributed by atoms with Crippen LogP contribution in [0.1, 0.15) is 6.92 Å². The Bertz CT molecular complexity index is 225. The number of hydrogen-bond donors (Lipinski definition) is 1. The van der Waals surface area contributed by atoms with Crippen molar-refractivity contribution in [3.8, 4) is 5.75 Å². The van der Waals surface area contributed by atoms with E-state index in [1.807, 2.05) is 26.1 Å². The summed E-state index contributed by atoms with van der Waals surface area (Å²) in [5, 5.41) is 2.94. The van der Waals surface area contributed by atoms with Gasteiger partial charge in [0.15, 0.2) is 11.6 Å². The molecule has 0 spiro atoms. The zero-order valence-corrected chi connectivity index (χ0v) is 6.79. The lowest BCUT2D eigenvalue weighted by atomic mass is 10.4. The Morgan fingerprint density at radius 1 is 1.64 bits per heavy atom. The molecule has 0 saturated heterocycles. The number of nitrogens with zero attached hydrogens (tertiary/aromatic N) is 1. The second-order valence-corrected chi connectivity index (χ2v) is 2.03. The van der Waals surface area contributed by atoms with Gasteiger partial charge in [-0.15, -0.1) is 0 Å². The number of hydrogen-bond acceptors (Lipinski definition) is 3. The molecular formula is C8H12N2O. The van der Waals surface area contributed by atoms with Gasteiger partial charge in [-0.25, -0.2) is 4.98 Å². The van der Waals surface area contributed by atoms with Gasteiger partial charge in [0.05, 0.1) is 6.61 Å². The SMILES string of the molecule is CCOc1cccnc1NC. The average molecular weight is 152 g/mol. The first-order valence-electron chi connectivity index (χ1n) is 3.64. The van der Waals surface area contributed by atoms with Gasteiger partial charge in [0.1, 0.15) is 0 Å². The first kappa shape index (κ1) is 7.85. The molecule has 0 saturated carbocycles. The van der Waals surface area contributed by atoms with E-state index in [0.717, 1.165) is 11.6 Å². The Balaban J connectivity index is 2.83. The molecule has 0 aliphatic rings. The van der Waals surface area contributed by atoms with E-state index in [1.54, 1.807) is 6.20 Å². The first-order chi connectivity index (χ1) is 5.38. The zero-order valence-electron chi connectivity index (χ0n) is 6.79. The third-order valence-corrected chi connectivity index (χ3v) is 1.31. The standard InChI is InChI=1S/C8H12N2O/c1-3-11-7-5-4-6-10-8(7)9-2/h4-6H,3H2,1-2H3,(H,9,10). The number of nitrogens with one attached hydrogen (secondary N) is 1. The van der Waals surface area contributed by atoms with Gasteiger partial charge in [0.25, 0.3) is 0 Å². The Labute approximate surface area is 66.4 Å². The summed E-state index contributed by atoms with van der Waals surface area (Å²) in [5.41, 5.74) is 0. The molecule has 0 atom stereocenters. The normalized spacial score (nSPS) is 9.27. The van der Waals surface area contributed by atoms with Crippen molar-refractivity contribution >= 4 is 5.82 Å². The highest BCUT2D eigenvalue weighted by Crippen LogP contribution is 2.19. The van der Waals surface area contributed by atoms with Gasteiger partial charge in [-0.05, 0) is 19.1 Å². The van der Waals surface area contributed by atoms with E-state index < -0.39 is 0 Å². The van der Waals surface area contributed by atoms with Crippen LogP contribution in [0.15, 0.2) is 18.3 Å². The van der Waals surface area contributed by atoms with Crippen molar-refractivity contribution in [1.82, 2.24) is 4.98 Å². The highest BCUT2D eigenvalue weighted by Gasteiger charge is 1.98. The summed E-state index contributed by atoms with van der Waals surface area (Å²) in [7, 11) is 1.82. The van der Waals surface area contributed by atoms with Crippen molar-refractivity contribution in [2.75, 3.05) is 19.0 Å². The van der Waals surface area contributed by atoms with Crippen molar-refractivity contribution in [2.45, 2.75) is 6.92 Å². The van der Waals surface area contributed by atoms with Gasteiger partial charge >= 0.3 is 0 Å². The highest BCUT2D eigenvalue weighted by molar-refractivity contribution is 5.48. The maximum Gasteiger partial charge on any atom is 0.168 e. The molecule has 1 N–H and O–H groups in total. The Morgan fingerprint density at radius 2 is 2.45 bits per heavy atom. The molecule has 0 aliphatic heterocycles. The van der Waals surface area contributed by atoms with Crippen LogP contribution in [0.25, 0.3) is 0 Å². The van der Waals surface area contributed by atoms with E-state index >= 15 is 0 Å². The highest BCUT2D eigenvalue weighted by atomic mass is 16.5. The molecule has 1 heterocycles. The molecule has 0 radical (unpaired) electrons. The van der Waals surface area contributed by atoms with Gasteiger partial charge in [0, 0.05) is 13.2 Å². The third kappa shape index (κ3) is 1.83. The molecule has 60 valence electrons. The molecule has 0 aromatic carbocycles. The van der Waals surface area contributed by atoms with Crippen molar-refractivity contribution < 1.29 is 4.74 Å². The molecule has 0 fully saturated rings. The predicted octanol–water partition coefficient (Wildman–Crippen LogP) is 1.52.